The lowest BCUT2D eigenvalue weighted by atomic mass is 9.76. The largest absolute Gasteiger partial charge is 0.479 e. The van der Waals surface area contributed by atoms with Crippen molar-refractivity contribution in [2.24, 2.45) is 35.5 Å². The maximum atomic E-state index is 14.3. The minimum absolute atomic E-state index is 0.0387. The zero-order valence-electron chi connectivity index (χ0n) is 77.2. The number of rotatable bonds is 50. The molecule has 0 radical (unpaired) electrons. The lowest BCUT2D eigenvalue weighted by Gasteiger charge is -2.49. The van der Waals surface area contributed by atoms with E-state index in [1.54, 1.807) is 0 Å². The molecular weight excluding hydrogens is 1830 g/mol. The topological polar surface area (TPSA) is 641 Å². The van der Waals surface area contributed by atoms with Gasteiger partial charge in [0, 0.05) is 51.9 Å². The summed E-state index contributed by atoms with van der Waals surface area (Å²) in [4.78, 5) is 163. The molecule has 6 aliphatic heterocycles. The molecule has 32 atom stereocenters. The Morgan fingerprint density at radius 3 is 1.15 bits per heavy atom. The van der Waals surface area contributed by atoms with Gasteiger partial charge in [-0.25, -0.2) is 9.59 Å². The van der Waals surface area contributed by atoms with E-state index in [2.05, 4.69) is 21.3 Å². The van der Waals surface area contributed by atoms with Crippen molar-refractivity contribution in [3.05, 3.63) is 0 Å². The Bertz CT molecular complexity index is 3610. The van der Waals surface area contributed by atoms with Crippen LogP contribution in [0.1, 0.15) is 169 Å². The van der Waals surface area contributed by atoms with Crippen LogP contribution in [0.2, 0.25) is 0 Å². The van der Waals surface area contributed by atoms with Crippen molar-refractivity contribution < 1.29 is 190 Å². The highest BCUT2D eigenvalue weighted by Crippen LogP contribution is 2.44. The summed E-state index contributed by atoms with van der Waals surface area (Å²) in [6, 6.07) is -3.17. The summed E-state index contributed by atoms with van der Waals surface area (Å²) in [5, 5.41) is 140. The van der Waals surface area contributed by atoms with Gasteiger partial charge in [-0.05, 0) is 76.0 Å². The fourth-order valence-corrected chi connectivity index (χ4v) is 21.4. The first-order chi connectivity index (χ1) is 64.6. The van der Waals surface area contributed by atoms with Gasteiger partial charge in [0.15, 0.2) is 37.4 Å². The van der Waals surface area contributed by atoms with E-state index in [0.717, 1.165) is 97.5 Å². The Labute approximate surface area is 791 Å². The van der Waals surface area contributed by atoms with E-state index in [-0.39, 0.29) is 142 Å². The molecule has 0 aromatic carbocycles. The van der Waals surface area contributed by atoms with E-state index >= 15 is 0 Å². The number of hydrogen-bond acceptors (Lipinski definition) is 39. The van der Waals surface area contributed by atoms with Gasteiger partial charge in [-0.1, -0.05) is 90.9 Å². The van der Waals surface area contributed by atoms with Crippen LogP contribution in [0.3, 0.4) is 0 Å². The van der Waals surface area contributed by atoms with Gasteiger partial charge in [-0.2, -0.15) is 0 Å². The van der Waals surface area contributed by atoms with Crippen LogP contribution in [0.5, 0.6) is 0 Å². The van der Waals surface area contributed by atoms with Crippen LogP contribution in [0.15, 0.2) is 0 Å². The van der Waals surface area contributed by atoms with E-state index in [0.29, 0.717) is 12.8 Å². The number of aliphatic hydroxyl groups is 10. The van der Waals surface area contributed by atoms with Gasteiger partial charge in [-0.3, -0.25) is 57.7 Å². The van der Waals surface area contributed by atoms with Gasteiger partial charge in [0.2, 0.25) is 47.3 Å². The van der Waals surface area contributed by atoms with Crippen LogP contribution in [-0.4, -0.2) is 417 Å². The van der Waals surface area contributed by atoms with Crippen molar-refractivity contribution in [1.82, 2.24) is 31.1 Å². The standard InChI is InChI=1S/C88H140N6O39S2/c1-7-47-33-49(83(117)119-5)35-51(75(47)132-87-73(109)71(107)67(103)43(3)124-87)128-85-65(77(69(105)55(39-95)130-85)126-53(81(113)114)31-45-15-11-9-12-16-45)91-61(99)41-134-57-37-63(101)93(79(57)111)23-19-59(97)89-21-25-121-27-29-123-30-28-122-26-22-90-60(98)20-24-94-64(102)38-58(80(94)112)135-42-62(100)92-66-78(127-54(82(115)116)32-46-17-13-10-14-18-46)70(106)56(40-96)131-86(66)129-52-36-50(84(118)120-6)34-48(8-2)76(52)133-88-74(110)72(108)68(104)44(4)125-88/h43-58,65-78,85-88,95-96,103-110H,7-42H2,1-6H3,(H,89,97)(H,90,98)(H,91,99)(H,92,100)(H,113,114)(H,115,116)/t43?,44?,47?,48?,49?,50?,51-,52-,53+,54+,55?,56?,57?,58?,65?,66?,67-,68-,69+,70+,71?,72?,73?,74?,75?,76?,77?,78?,85-,86-,87+,88+/m1/s1. The van der Waals surface area contributed by atoms with E-state index in [1.807, 2.05) is 13.8 Å². The summed E-state index contributed by atoms with van der Waals surface area (Å²) in [6.07, 6.45) is -27.9. The third kappa shape index (κ3) is 30.4. The highest BCUT2D eigenvalue weighted by atomic mass is 32.2. The minimum atomic E-state index is -1.79. The van der Waals surface area contributed by atoms with Crippen molar-refractivity contribution in [3.8, 4) is 0 Å². The Morgan fingerprint density at radius 1 is 0.444 bits per heavy atom. The third-order valence-electron chi connectivity index (χ3n) is 27.1. The summed E-state index contributed by atoms with van der Waals surface area (Å²) >= 11 is 1.59. The number of imide groups is 2. The van der Waals surface area contributed by atoms with E-state index in [1.165, 1.54) is 28.1 Å². The van der Waals surface area contributed by atoms with Crippen molar-refractivity contribution in [2.75, 3.05) is 105 Å². The summed E-state index contributed by atoms with van der Waals surface area (Å²) in [5.74, 6) is -13.0. The smallest absolute Gasteiger partial charge is 0.332 e. The molecule has 20 unspecified atom stereocenters. The average Bonchev–Trinajstić information content (AvgIpc) is 1.00. The summed E-state index contributed by atoms with van der Waals surface area (Å²) in [5.41, 5.74) is 0. The molecule has 47 heteroatoms. The molecular formula is C88H140N6O39S2. The molecule has 4 saturated carbocycles. The highest BCUT2D eigenvalue weighted by molar-refractivity contribution is 8.01. The molecule has 8 amide bonds. The van der Waals surface area contributed by atoms with Crippen LogP contribution >= 0.6 is 23.5 Å². The van der Waals surface area contributed by atoms with Gasteiger partial charge < -0.3 is 154 Å². The molecule has 10 fully saturated rings. The number of esters is 2. The normalized spacial score (nSPS) is 35.5. The second-order valence-corrected chi connectivity index (χ2v) is 38.8. The molecule has 10 aliphatic rings. The maximum Gasteiger partial charge on any atom is 0.332 e. The molecule has 45 nitrogen and oxygen atoms in total. The fraction of sp³-hybridized carbons (Fsp3) is 0.864. The van der Waals surface area contributed by atoms with Gasteiger partial charge in [-0.15, -0.1) is 23.5 Å². The number of ether oxygens (including phenoxy) is 15. The highest BCUT2D eigenvalue weighted by Gasteiger charge is 2.57. The van der Waals surface area contributed by atoms with Crippen molar-refractivity contribution in [3.63, 3.8) is 0 Å². The number of methoxy groups -OCH3 is 2. The maximum absolute atomic E-state index is 14.3. The fourth-order valence-electron chi connectivity index (χ4n) is 19.5. The van der Waals surface area contributed by atoms with Crippen LogP contribution in [0.4, 0.5) is 0 Å². The molecule has 0 aromatic rings. The number of nitrogens with zero attached hydrogens (tertiary/aromatic N) is 2. The first-order valence-electron chi connectivity index (χ1n) is 47.2. The van der Waals surface area contributed by atoms with Crippen molar-refractivity contribution in [1.29, 1.82) is 0 Å². The summed E-state index contributed by atoms with van der Waals surface area (Å²) in [7, 11) is 2.42. The van der Waals surface area contributed by atoms with Crippen molar-refractivity contribution >= 4 is 94.7 Å². The molecule has 6 heterocycles. The third-order valence-corrected chi connectivity index (χ3v) is 29.5. The van der Waals surface area contributed by atoms with Crippen LogP contribution in [-0.2, 0) is 129 Å². The molecule has 16 N–H and O–H groups in total. The quantitative estimate of drug-likeness (QED) is 0.0163. The van der Waals surface area contributed by atoms with Gasteiger partial charge in [0.05, 0.1) is 138 Å². The monoisotopic (exact) mass is 1970 g/mol. The van der Waals surface area contributed by atoms with Crippen LogP contribution in [0.25, 0.3) is 0 Å². The van der Waals surface area contributed by atoms with Crippen LogP contribution < -0.4 is 21.3 Å². The first-order valence-corrected chi connectivity index (χ1v) is 49.3. The summed E-state index contributed by atoms with van der Waals surface area (Å²) in [6.45, 7) is 5.03. The lowest BCUT2D eigenvalue weighted by Crippen LogP contribution is -2.67. The number of aliphatic carboxylic acids is 2. The van der Waals surface area contributed by atoms with E-state index < -0.39 is 289 Å². The van der Waals surface area contributed by atoms with Gasteiger partial charge in [0.25, 0.3) is 0 Å². The number of hydrogen-bond donors (Lipinski definition) is 16. The Morgan fingerprint density at radius 2 is 0.807 bits per heavy atom. The predicted molar refractivity (Wildman–Crippen MR) is 466 cm³/mol. The zero-order chi connectivity index (χ0) is 98.0. The molecule has 4 aliphatic carbocycles. The second kappa shape index (κ2) is 54.2. The Balaban J connectivity index is 0.630. The van der Waals surface area contributed by atoms with Gasteiger partial charge >= 0.3 is 23.9 Å². The number of likely N-dealkylation sites (tertiary alicyclic amines) is 2. The Kier molecular flexibility index (Phi) is 44.5. The molecule has 0 spiro atoms. The zero-order valence-corrected chi connectivity index (χ0v) is 78.8. The second-order valence-electron chi connectivity index (χ2n) is 36.4. The summed E-state index contributed by atoms with van der Waals surface area (Å²) < 4.78 is 89.9. The molecule has 768 valence electrons. The van der Waals surface area contributed by atoms with Crippen molar-refractivity contribution in [2.45, 2.75) is 339 Å². The minimum Gasteiger partial charge on any atom is -0.479 e. The lowest BCUT2D eigenvalue weighted by molar-refractivity contribution is -0.338. The van der Waals surface area contributed by atoms with E-state index in [9.17, 15) is 119 Å². The number of thioether (sulfide) groups is 2. The number of nitrogens with one attached hydrogen (secondary N) is 4. The number of carboxylic acid groups (broad SMARTS) is 2. The average molecular weight is 1970 g/mol. The van der Waals surface area contributed by atoms with Crippen LogP contribution in [0, 0.1) is 35.5 Å². The van der Waals surface area contributed by atoms with E-state index in [4.69, 9.17) is 71.1 Å². The molecule has 0 bridgehead atoms. The SMILES string of the molecule is CCC1CC(C(=O)OC)C[C@@H](O[C@@H]2OC(CO)[C@H](O)C(O[C@@H](CC3CCCCC3)C(=O)O)C2NC(=O)CSC2CC(=O)N(CCC(=O)NCCOCCOCCOCCNC(=O)CCN3C(=O)CC(SCC(=O)NC4C(O[C@@H](CC5CCCCC5)C(=O)O)[C@@H](O)C(CO)O[C@H]4O[C@@H]4CC(C(=O)OC)CC(CC)C4O[C@@H]4OC(C)[C@@H](O)C(O)C4O)C3=O)C2=O)C1O[C@@H]1OC(C)[C@@H](O)C(O)C1O. The van der Waals surface area contributed by atoms with Gasteiger partial charge in [0.1, 0.15) is 85.3 Å². The number of carbonyl (C=O) groups is 12. The molecule has 6 saturated heterocycles. The molecule has 10 rings (SSSR count). The number of carbonyl (C=O) groups excluding carboxylic acids is 10. The predicted octanol–water partition coefficient (Wildman–Crippen LogP) is -3.07. The molecule has 135 heavy (non-hydrogen) atoms. The molecule has 0 aromatic heterocycles. The number of carboxylic acids is 2. The Hall–Kier alpha value is -6.18. The number of aliphatic hydroxyl groups excluding tert-OH is 10. The first kappa shape index (κ1) is 111. The number of amides is 8.